The van der Waals surface area contributed by atoms with Crippen molar-refractivity contribution in [3.05, 3.63) is 22.0 Å². The number of aromatic nitrogens is 2. The van der Waals surface area contributed by atoms with Crippen LogP contribution in [0.5, 0.6) is 0 Å². The van der Waals surface area contributed by atoms with E-state index in [1.54, 1.807) is 11.3 Å². The molecule has 0 aliphatic carbocycles. The van der Waals surface area contributed by atoms with Gasteiger partial charge in [-0.2, -0.15) is 0 Å². The molecule has 5 heteroatoms. The summed E-state index contributed by atoms with van der Waals surface area (Å²) in [6, 6.07) is 0. The van der Waals surface area contributed by atoms with E-state index in [1.807, 2.05) is 13.8 Å². The van der Waals surface area contributed by atoms with Gasteiger partial charge in [0, 0.05) is 16.7 Å². The second kappa shape index (κ2) is 5.65. The van der Waals surface area contributed by atoms with Gasteiger partial charge in [-0.1, -0.05) is 20.3 Å². The van der Waals surface area contributed by atoms with Crippen molar-refractivity contribution in [2.45, 2.75) is 46.5 Å². The summed E-state index contributed by atoms with van der Waals surface area (Å²) in [5, 5.41) is 10.1. The molecule has 0 fully saturated rings. The fraction of sp³-hybridized carbons (Fsp3) is 0.500. The first-order valence-corrected chi connectivity index (χ1v) is 7.42. The smallest absolute Gasteiger partial charge is 0.355 e. The first-order valence-electron chi connectivity index (χ1n) is 6.60. The lowest BCUT2D eigenvalue weighted by molar-refractivity contribution is 0.0692. The second-order valence-electron chi connectivity index (χ2n) is 4.57. The Bertz CT molecular complexity index is 619. The first kappa shape index (κ1) is 13.9. The highest BCUT2D eigenvalue weighted by atomic mass is 32.1. The lowest BCUT2D eigenvalue weighted by Crippen LogP contribution is -2.07. The van der Waals surface area contributed by atoms with Crippen LogP contribution in [0.15, 0.2) is 0 Å². The molecule has 0 aliphatic heterocycles. The molecule has 0 radical (unpaired) electrons. The number of thiophene rings is 1. The largest absolute Gasteiger partial charge is 0.476 e. The fourth-order valence-electron chi connectivity index (χ4n) is 2.24. The zero-order valence-electron chi connectivity index (χ0n) is 11.5. The van der Waals surface area contributed by atoms with Gasteiger partial charge < -0.3 is 5.11 Å². The van der Waals surface area contributed by atoms with E-state index in [9.17, 15) is 9.90 Å². The Morgan fingerprint density at radius 2 is 2.05 bits per heavy atom. The molecule has 2 aromatic rings. The highest BCUT2D eigenvalue weighted by Gasteiger charge is 2.19. The molecule has 4 nitrogen and oxygen atoms in total. The molecule has 2 rings (SSSR count). The number of carboxylic acids is 1. The van der Waals surface area contributed by atoms with Gasteiger partial charge >= 0.3 is 5.97 Å². The molecule has 0 amide bonds. The summed E-state index contributed by atoms with van der Waals surface area (Å²) in [6.45, 7) is 6.15. The summed E-state index contributed by atoms with van der Waals surface area (Å²) in [5.41, 5.74) is 1.23. The third-order valence-corrected chi connectivity index (χ3v) is 4.25. The first-order chi connectivity index (χ1) is 9.08. The van der Waals surface area contributed by atoms with E-state index in [1.165, 1.54) is 0 Å². The van der Waals surface area contributed by atoms with Gasteiger partial charge in [0.05, 0.1) is 0 Å². The number of unbranched alkanes of at least 4 members (excludes halogenated alkanes) is 1. The van der Waals surface area contributed by atoms with Crippen LogP contribution in [0.3, 0.4) is 0 Å². The molecule has 2 aromatic heterocycles. The van der Waals surface area contributed by atoms with Gasteiger partial charge in [-0.25, -0.2) is 14.8 Å². The monoisotopic (exact) mass is 278 g/mol. The SMILES string of the molecule is CCCCc1nc(C(=O)O)c2c(CC)c(C)sc2n1. The Hall–Kier alpha value is -1.49. The number of nitrogens with zero attached hydrogens (tertiary/aromatic N) is 2. The van der Waals surface area contributed by atoms with Crippen molar-refractivity contribution in [1.29, 1.82) is 0 Å². The van der Waals surface area contributed by atoms with Gasteiger partial charge in [0.2, 0.25) is 0 Å². The Morgan fingerprint density at radius 3 is 2.63 bits per heavy atom. The summed E-state index contributed by atoms with van der Waals surface area (Å²) < 4.78 is 0. The standard InChI is InChI=1S/C14H18N2O2S/c1-4-6-7-10-15-12(14(17)18)11-9(5-2)8(3)19-13(11)16-10/h4-7H2,1-3H3,(H,17,18). The Balaban J connectivity index is 2.65. The van der Waals surface area contributed by atoms with E-state index in [0.717, 1.165) is 46.3 Å². The van der Waals surface area contributed by atoms with Crippen LogP contribution in [-0.2, 0) is 12.8 Å². The van der Waals surface area contributed by atoms with Crippen molar-refractivity contribution in [1.82, 2.24) is 9.97 Å². The average molecular weight is 278 g/mol. The maximum absolute atomic E-state index is 11.4. The third-order valence-electron chi connectivity index (χ3n) is 3.21. The number of hydrogen-bond donors (Lipinski definition) is 1. The minimum absolute atomic E-state index is 0.164. The van der Waals surface area contributed by atoms with E-state index in [2.05, 4.69) is 16.9 Å². The van der Waals surface area contributed by atoms with Gasteiger partial charge in [0.15, 0.2) is 5.69 Å². The Labute approximate surface area is 116 Å². The lowest BCUT2D eigenvalue weighted by atomic mass is 10.1. The van der Waals surface area contributed by atoms with E-state index in [4.69, 9.17) is 0 Å². The Kier molecular flexibility index (Phi) is 4.14. The normalized spacial score (nSPS) is 11.1. The molecule has 0 atom stereocenters. The molecule has 19 heavy (non-hydrogen) atoms. The quantitative estimate of drug-likeness (QED) is 0.907. The lowest BCUT2D eigenvalue weighted by Gasteiger charge is -2.04. The highest BCUT2D eigenvalue weighted by molar-refractivity contribution is 7.18. The number of fused-ring (bicyclic) bond motifs is 1. The van der Waals surface area contributed by atoms with Crippen LogP contribution >= 0.6 is 11.3 Å². The molecule has 0 aromatic carbocycles. The summed E-state index contributed by atoms with van der Waals surface area (Å²) in [5.74, 6) is -0.312. The van der Waals surface area contributed by atoms with Crippen molar-refractivity contribution >= 4 is 27.5 Å². The zero-order valence-corrected chi connectivity index (χ0v) is 12.3. The van der Waals surface area contributed by atoms with Gasteiger partial charge in [0.1, 0.15) is 10.7 Å². The van der Waals surface area contributed by atoms with Crippen molar-refractivity contribution in [3.8, 4) is 0 Å². The fourth-order valence-corrected chi connectivity index (χ4v) is 3.37. The van der Waals surface area contributed by atoms with E-state index >= 15 is 0 Å². The van der Waals surface area contributed by atoms with Gasteiger partial charge in [0.25, 0.3) is 0 Å². The Morgan fingerprint density at radius 1 is 1.32 bits per heavy atom. The topological polar surface area (TPSA) is 63.1 Å². The number of aromatic carboxylic acids is 1. The van der Waals surface area contributed by atoms with Crippen molar-refractivity contribution in [2.75, 3.05) is 0 Å². The molecule has 0 saturated heterocycles. The molecular weight excluding hydrogens is 260 g/mol. The van der Waals surface area contributed by atoms with Crippen LogP contribution in [-0.4, -0.2) is 21.0 Å². The molecule has 2 heterocycles. The molecule has 0 bridgehead atoms. The minimum Gasteiger partial charge on any atom is -0.476 e. The van der Waals surface area contributed by atoms with Crippen molar-refractivity contribution in [2.24, 2.45) is 0 Å². The van der Waals surface area contributed by atoms with E-state index in [0.29, 0.717) is 5.82 Å². The maximum atomic E-state index is 11.4. The molecule has 0 spiro atoms. The summed E-state index contributed by atoms with van der Waals surface area (Å²) in [4.78, 5) is 22.2. The molecule has 102 valence electrons. The van der Waals surface area contributed by atoms with Crippen molar-refractivity contribution in [3.63, 3.8) is 0 Å². The third kappa shape index (κ3) is 2.61. The maximum Gasteiger partial charge on any atom is 0.355 e. The molecule has 0 aliphatic rings. The predicted octanol–water partition coefficient (Wildman–Crippen LogP) is 3.60. The van der Waals surface area contributed by atoms with Crippen molar-refractivity contribution < 1.29 is 9.90 Å². The second-order valence-corrected chi connectivity index (χ2v) is 5.77. The van der Waals surface area contributed by atoms with Crippen LogP contribution in [0.2, 0.25) is 0 Å². The molecule has 0 saturated carbocycles. The highest BCUT2D eigenvalue weighted by Crippen LogP contribution is 2.32. The van der Waals surface area contributed by atoms with Gasteiger partial charge in [-0.15, -0.1) is 11.3 Å². The van der Waals surface area contributed by atoms with Crippen LogP contribution in [0.1, 0.15) is 53.4 Å². The average Bonchev–Trinajstić information content (AvgIpc) is 2.70. The van der Waals surface area contributed by atoms with Crippen LogP contribution in [0.25, 0.3) is 10.2 Å². The zero-order chi connectivity index (χ0) is 14.0. The molecule has 0 unspecified atom stereocenters. The van der Waals surface area contributed by atoms with Gasteiger partial charge in [-0.05, 0) is 25.3 Å². The molecular formula is C14H18N2O2S. The predicted molar refractivity (Wildman–Crippen MR) is 77.1 cm³/mol. The summed E-state index contributed by atoms with van der Waals surface area (Å²) >= 11 is 1.57. The van der Waals surface area contributed by atoms with E-state index in [-0.39, 0.29) is 5.69 Å². The van der Waals surface area contributed by atoms with Crippen LogP contribution in [0, 0.1) is 6.92 Å². The summed E-state index contributed by atoms with van der Waals surface area (Å²) in [7, 11) is 0. The van der Waals surface area contributed by atoms with Crippen LogP contribution in [0.4, 0.5) is 0 Å². The number of rotatable bonds is 5. The minimum atomic E-state index is -0.961. The number of aryl methyl sites for hydroxylation is 3. The molecule has 1 N–H and O–H groups in total. The number of carboxylic acid groups (broad SMARTS) is 1. The van der Waals surface area contributed by atoms with Gasteiger partial charge in [-0.3, -0.25) is 0 Å². The summed E-state index contributed by atoms with van der Waals surface area (Å²) in [6.07, 6.45) is 3.58. The van der Waals surface area contributed by atoms with E-state index < -0.39 is 5.97 Å². The number of carbonyl (C=O) groups is 1. The number of hydrogen-bond acceptors (Lipinski definition) is 4. The van der Waals surface area contributed by atoms with Crippen LogP contribution < -0.4 is 0 Å².